The van der Waals surface area contributed by atoms with E-state index in [4.69, 9.17) is 5.73 Å². The minimum Gasteiger partial charge on any atom is -0.375 e. The molecule has 0 radical (unpaired) electrons. The summed E-state index contributed by atoms with van der Waals surface area (Å²) < 4.78 is 1.86. The fourth-order valence-corrected chi connectivity index (χ4v) is 3.71. The number of nitrogen functional groups attached to an aromatic ring is 1. The molecule has 3 N–H and O–H groups in total. The van der Waals surface area contributed by atoms with Gasteiger partial charge in [-0.05, 0) is 23.8 Å². The number of nitrogens with zero attached hydrogens (tertiary/aromatic N) is 3. The third-order valence-electron chi connectivity index (χ3n) is 3.71. The molecule has 5 nitrogen and oxygen atoms in total. The van der Waals surface area contributed by atoms with Crippen molar-refractivity contribution in [1.82, 2.24) is 20.1 Å². The summed E-state index contributed by atoms with van der Waals surface area (Å²) in [6, 6.07) is 10.6. The number of nitrogens with two attached hydrogens (primary N) is 1. The maximum absolute atomic E-state index is 5.85. The van der Waals surface area contributed by atoms with Gasteiger partial charge in [-0.25, -0.2) is 9.67 Å². The molecule has 0 amide bonds. The van der Waals surface area contributed by atoms with Gasteiger partial charge in [0.15, 0.2) is 5.13 Å². The molecule has 106 valence electrons. The first-order valence-corrected chi connectivity index (χ1v) is 7.71. The molecule has 3 heterocycles. The monoisotopic (exact) mass is 297 g/mol. The van der Waals surface area contributed by atoms with Crippen LogP contribution in [0.25, 0.3) is 5.69 Å². The smallest absolute Gasteiger partial charge is 0.180 e. The lowest BCUT2D eigenvalue weighted by Gasteiger charge is -2.23. The molecule has 1 unspecified atom stereocenters. The molecule has 1 aromatic carbocycles. The van der Waals surface area contributed by atoms with Gasteiger partial charge in [0.05, 0.1) is 22.3 Å². The number of anilines is 1. The van der Waals surface area contributed by atoms with Crippen molar-refractivity contribution in [2.45, 2.75) is 12.5 Å². The molecular formula is C15H15N5S. The van der Waals surface area contributed by atoms with Crippen LogP contribution < -0.4 is 11.1 Å². The minimum atomic E-state index is 0.190. The quantitative estimate of drug-likeness (QED) is 0.760. The maximum atomic E-state index is 5.85. The molecule has 1 aliphatic heterocycles. The number of thiazole rings is 1. The van der Waals surface area contributed by atoms with Gasteiger partial charge in [-0.2, -0.15) is 5.10 Å². The highest BCUT2D eigenvalue weighted by Gasteiger charge is 2.24. The van der Waals surface area contributed by atoms with E-state index >= 15 is 0 Å². The Morgan fingerprint density at radius 1 is 1.29 bits per heavy atom. The van der Waals surface area contributed by atoms with Gasteiger partial charge in [-0.3, -0.25) is 0 Å². The van der Waals surface area contributed by atoms with Crippen molar-refractivity contribution in [3.05, 3.63) is 58.9 Å². The van der Waals surface area contributed by atoms with Crippen molar-refractivity contribution in [1.29, 1.82) is 0 Å². The fraction of sp³-hybridized carbons (Fsp3) is 0.200. The second-order valence-corrected chi connectivity index (χ2v) is 6.10. The zero-order valence-corrected chi connectivity index (χ0v) is 12.2. The predicted molar refractivity (Wildman–Crippen MR) is 83.6 cm³/mol. The van der Waals surface area contributed by atoms with E-state index in [0.29, 0.717) is 5.13 Å². The number of benzene rings is 1. The Hall–Kier alpha value is -2.18. The zero-order valence-electron chi connectivity index (χ0n) is 11.4. The van der Waals surface area contributed by atoms with Crippen molar-refractivity contribution in [2.75, 3.05) is 12.3 Å². The summed E-state index contributed by atoms with van der Waals surface area (Å²) in [4.78, 5) is 5.67. The highest BCUT2D eigenvalue weighted by molar-refractivity contribution is 7.15. The van der Waals surface area contributed by atoms with Gasteiger partial charge in [0.2, 0.25) is 0 Å². The minimum absolute atomic E-state index is 0.190. The van der Waals surface area contributed by atoms with Crippen LogP contribution in [0.3, 0.4) is 0 Å². The van der Waals surface area contributed by atoms with Gasteiger partial charge < -0.3 is 11.1 Å². The molecule has 2 aromatic heterocycles. The summed E-state index contributed by atoms with van der Waals surface area (Å²) in [6.45, 7) is 0.932. The van der Waals surface area contributed by atoms with Gasteiger partial charge >= 0.3 is 0 Å². The van der Waals surface area contributed by atoms with E-state index in [1.54, 1.807) is 17.5 Å². The third kappa shape index (κ3) is 2.22. The van der Waals surface area contributed by atoms with Crippen LogP contribution in [0.5, 0.6) is 0 Å². The normalized spacial score (nSPS) is 17.6. The summed E-state index contributed by atoms with van der Waals surface area (Å²) in [5.74, 6) is 0. The topological polar surface area (TPSA) is 68.8 Å². The molecule has 0 aliphatic carbocycles. The highest BCUT2D eigenvalue weighted by atomic mass is 32.1. The highest BCUT2D eigenvalue weighted by Crippen LogP contribution is 2.34. The van der Waals surface area contributed by atoms with Crippen LogP contribution >= 0.6 is 11.3 Å². The first kappa shape index (κ1) is 12.6. The van der Waals surface area contributed by atoms with E-state index in [2.05, 4.69) is 39.7 Å². The van der Waals surface area contributed by atoms with Crippen LogP contribution in [-0.2, 0) is 6.42 Å². The molecule has 6 heteroatoms. The van der Waals surface area contributed by atoms with Crippen molar-refractivity contribution in [3.63, 3.8) is 0 Å². The van der Waals surface area contributed by atoms with E-state index in [1.807, 2.05) is 16.9 Å². The molecule has 21 heavy (non-hydrogen) atoms. The second kappa shape index (κ2) is 4.98. The van der Waals surface area contributed by atoms with Crippen LogP contribution in [0.4, 0.5) is 5.13 Å². The molecule has 1 atom stereocenters. The molecule has 3 aromatic rings. The number of hydrogen-bond acceptors (Lipinski definition) is 5. The SMILES string of the molecule is Nc1nc2c(s1)C(c1ccc(-n3cccn3)cc1)NCC2. The number of aromatic nitrogens is 3. The molecule has 0 saturated heterocycles. The van der Waals surface area contributed by atoms with Crippen LogP contribution in [-0.4, -0.2) is 21.3 Å². The average molecular weight is 297 g/mol. The van der Waals surface area contributed by atoms with Crippen LogP contribution in [0, 0.1) is 0 Å². The lowest BCUT2D eigenvalue weighted by molar-refractivity contribution is 0.571. The molecule has 0 spiro atoms. The summed E-state index contributed by atoms with van der Waals surface area (Å²) in [6.07, 6.45) is 4.67. The molecule has 0 fully saturated rings. The first-order valence-electron chi connectivity index (χ1n) is 6.90. The summed E-state index contributed by atoms with van der Waals surface area (Å²) in [7, 11) is 0. The Kier molecular flexibility index (Phi) is 2.98. The number of hydrogen-bond donors (Lipinski definition) is 2. The Bertz CT molecular complexity index is 745. The Labute approximate surface area is 126 Å². The molecule has 4 rings (SSSR count). The maximum Gasteiger partial charge on any atom is 0.180 e. The van der Waals surface area contributed by atoms with Gasteiger partial charge in [0.1, 0.15) is 0 Å². The van der Waals surface area contributed by atoms with E-state index < -0.39 is 0 Å². The third-order valence-corrected chi connectivity index (χ3v) is 4.70. The number of nitrogens with one attached hydrogen (secondary N) is 1. The number of fused-ring (bicyclic) bond motifs is 1. The van der Waals surface area contributed by atoms with Crippen LogP contribution in [0.1, 0.15) is 22.2 Å². The van der Waals surface area contributed by atoms with Crippen molar-refractivity contribution < 1.29 is 0 Å². The van der Waals surface area contributed by atoms with Crippen molar-refractivity contribution in [2.24, 2.45) is 0 Å². The van der Waals surface area contributed by atoms with Gasteiger partial charge in [0, 0.05) is 25.4 Å². The van der Waals surface area contributed by atoms with E-state index in [1.165, 1.54) is 10.4 Å². The Morgan fingerprint density at radius 3 is 2.90 bits per heavy atom. The first-order chi connectivity index (χ1) is 10.3. The Balaban J connectivity index is 1.68. The summed E-state index contributed by atoms with van der Waals surface area (Å²) >= 11 is 1.58. The van der Waals surface area contributed by atoms with Crippen LogP contribution in [0.15, 0.2) is 42.7 Å². The molecule has 1 aliphatic rings. The Morgan fingerprint density at radius 2 is 2.14 bits per heavy atom. The molecule has 0 saturated carbocycles. The van der Waals surface area contributed by atoms with Gasteiger partial charge in [0.25, 0.3) is 0 Å². The summed E-state index contributed by atoms with van der Waals surface area (Å²) in [5.41, 5.74) is 9.28. The van der Waals surface area contributed by atoms with Crippen molar-refractivity contribution in [3.8, 4) is 5.69 Å². The fourth-order valence-electron chi connectivity index (χ4n) is 2.73. The largest absolute Gasteiger partial charge is 0.375 e. The van der Waals surface area contributed by atoms with E-state index in [-0.39, 0.29) is 6.04 Å². The standard InChI is InChI=1S/C15H15N5S/c16-15-19-12-6-8-17-13(14(12)21-15)10-2-4-11(5-3-10)20-9-1-7-18-20/h1-5,7,9,13,17H,6,8H2,(H2,16,19). The zero-order chi connectivity index (χ0) is 14.2. The van der Waals surface area contributed by atoms with E-state index in [9.17, 15) is 0 Å². The van der Waals surface area contributed by atoms with E-state index in [0.717, 1.165) is 24.3 Å². The molecular weight excluding hydrogens is 282 g/mol. The van der Waals surface area contributed by atoms with Gasteiger partial charge in [-0.1, -0.05) is 12.1 Å². The average Bonchev–Trinajstić information content (AvgIpc) is 3.15. The lowest BCUT2D eigenvalue weighted by Crippen LogP contribution is -2.29. The predicted octanol–water partition coefficient (Wildman–Crippen LogP) is 2.15. The lowest BCUT2D eigenvalue weighted by atomic mass is 10.00. The number of rotatable bonds is 2. The van der Waals surface area contributed by atoms with Crippen molar-refractivity contribution >= 4 is 16.5 Å². The van der Waals surface area contributed by atoms with Gasteiger partial charge in [-0.15, -0.1) is 11.3 Å². The molecule has 0 bridgehead atoms. The summed E-state index contributed by atoms with van der Waals surface area (Å²) in [5, 5.41) is 8.45. The second-order valence-electron chi connectivity index (χ2n) is 5.04. The van der Waals surface area contributed by atoms with Crippen LogP contribution in [0.2, 0.25) is 0 Å².